The van der Waals surface area contributed by atoms with E-state index in [0.29, 0.717) is 5.92 Å². The van der Waals surface area contributed by atoms with Crippen LogP contribution >= 0.6 is 0 Å². The van der Waals surface area contributed by atoms with E-state index in [9.17, 15) is 9.59 Å². The molecule has 5 nitrogen and oxygen atoms in total. The van der Waals surface area contributed by atoms with E-state index in [0.717, 1.165) is 44.5 Å². The summed E-state index contributed by atoms with van der Waals surface area (Å²) in [7, 11) is 0. The van der Waals surface area contributed by atoms with Crippen LogP contribution in [0.4, 0.5) is 10.5 Å². The fourth-order valence-electron chi connectivity index (χ4n) is 3.60. The van der Waals surface area contributed by atoms with Gasteiger partial charge in [0.25, 0.3) is 0 Å². The monoisotopic (exact) mass is 379 g/mol. The molecule has 0 saturated carbocycles. The molecule has 0 aliphatic carbocycles. The van der Waals surface area contributed by atoms with Gasteiger partial charge in [0.15, 0.2) is 0 Å². The highest BCUT2D eigenvalue weighted by Gasteiger charge is 2.23. The first kappa shape index (κ1) is 19.9. The number of rotatable bonds is 6. The molecule has 2 N–H and O–H groups in total. The first-order valence-corrected chi connectivity index (χ1v) is 10.1. The van der Waals surface area contributed by atoms with Gasteiger partial charge < -0.3 is 15.5 Å². The molecule has 0 radical (unpaired) electrons. The van der Waals surface area contributed by atoms with Gasteiger partial charge in [-0.15, -0.1) is 0 Å². The lowest BCUT2D eigenvalue weighted by Crippen LogP contribution is -2.45. The number of hydrogen-bond donors (Lipinski definition) is 2. The summed E-state index contributed by atoms with van der Waals surface area (Å²) in [6.07, 6.45) is 4.05. The minimum Gasteiger partial charge on any atom is -0.341 e. The van der Waals surface area contributed by atoms with E-state index in [4.69, 9.17) is 0 Å². The smallest absolute Gasteiger partial charge is 0.319 e. The molecule has 1 saturated heterocycles. The van der Waals surface area contributed by atoms with Gasteiger partial charge in [0.1, 0.15) is 0 Å². The third-order valence-electron chi connectivity index (χ3n) is 5.35. The molecule has 3 amide bonds. The normalized spacial score (nSPS) is 14.5. The van der Waals surface area contributed by atoms with Gasteiger partial charge >= 0.3 is 6.03 Å². The van der Waals surface area contributed by atoms with Crippen LogP contribution in [0.5, 0.6) is 0 Å². The van der Waals surface area contributed by atoms with Gasteiger partial charge in [-0.25, -0.2) is 4.79 Å². The Labute approximate surface area is 167 Å². The fraction of sp³-hybridized carbons (Fsp3) is 0.391. The van der Waals surface area contributed by atoms with Crippen molar-refractivity contribution in [3.8, 4) is 0 Å². The van der Waals surface area contributed by atoms with Gasteiger partial charge in [0, 0.05) is 18.8 Å². The maximum Gasteiger partial charge on any atom is 0.319 e. The molecule has 0 aromatic heterocycles. The second-order valence-electron chi connectivity index (χ2n) is 7.37. The van der Waals surface area contributed by atoms with Crippen LogP contribution < -0.4 is 10.6 Å². The van der Waals surface area contributed by atoms with Gasteiger partial charge in [-0.3, -0.25) is 4.79 Å². The predicted octanol–water partition coefficient (Wildman–Crippen LogP) is 3.85. The van der Waals surface area contributed by atoms with Crippen LogP contribution in [-0.2, 0) is 17.6 Å². The molecular weight excluding hydrogens is 350 g/mol. The van der Waals surface area contributed by atoms with E-state index in [1.165, 1.54) is 11.1 Å². The third kappa shape index (κ3) is 5.84. The van der Waals surface area contributed by atoms with E-state index in [-0.39, 0.29) is 18.5 Å². The van der Waals surface area contributed by atoms with Gasteiger partial charge in [-0.1, -0.05) is 49.4 Å². The van der Waals surface area contributed by atoms with Crippen molar-refractivity contribution < 1.29 is 9.59 Å². The summed E-state index contributed by atoms with van der Waals surface area (Å²) in [6, 6.07) is 17.9. The van der Waals surface area contributed by atoms with Crippen LogP contribution in [0.2, 0.25) is 0 Å². The van der Waals surface area contributed by atoms with Crippen molar-refractivity contribution in [3.63, 3.8) is 0 Å². The Morgan fingerprint density at radius 1 is 0.964 bits per heavy atom. The Hall–Kier alpha value is -2.82. The summed E-state index contributed by atoms with van der Waals surface area (Å²) in [5.41, 5.74) is 3.30. The second-order valence-corrected chi connectivity index (χ2v) is 7.37. The maximum absolute atomic E-state index is 12.4. The molecule has 0 atom stereocenters. The summed E-state index contributed by atoms with van der Waals surface area (Å²) in [4.78, 5) is 26.3. The number of urea groups is 1. The molecule has 2 aromatic carbocycles. The number of nitrogens with zero attached hydrogens (tertiary/aromatic N) is 1. The van der Waals surface area contributed by atoms with Crippen LogP contribution in [0.25, 0.3) is 0 Å². The van der Waals surface area contributed by atoms with Crippen LogP contribution in [0, 0.1) is 5.92 Å². The summed E-state index contributed by atoms with van der Waals surface area (Å²) in [5.74, 6) is 0.600. The molecule has 5 heteroatoms. The number of nitrogens with one attached hydrogen (secondary N) is 2. The second kappa shape index (κ2) is 9.93. The van der Waals surface area contributed by atoms with Gasteiger partial charge in [-0.05, 0) is 54.9 Å². The Bertz CT molecular complexity index is 766. The molecule has 1 aliphatic heterocycles. The molecule has 148 valence electrons. The fourth-order valence-corrected chi connectivity index (χ4v) is 3.60. The number of benzene rings is 2. The first-order valence-electron chi connectivity index (χ1n) is 10.1. The number of aryl methyl sites for hydroxylation is 1. The summed E-state index contributed by atoms with van der Waals surface area (Å²) in [6.45, 7) is 3.64. The van der Waals surface area contributed by atoms with Crippen LogP contribution in [0.1, 0.15) is 30.9 Å². The molecule has 2 aromatic rings. The zero-order chi connectivity index (χ0) is 19.8. The Morgan fingerprint density at radius 2 is 1.64 bits per heavy atom. The van der Waals surface area contributed by atoms with Gasteiger partial charge in [0.2, 0.25) is 5.91 Å². The average molecular weight is 380 g/mol. The number of carbonyl (C=O) groups is 2. The number of carbonyl (C=O) groups excluding carboxylic acids is 2. The predicted molar refractivity (Wildman–Crippen MR) is 112 cm³/mol. The summed E-state index contributed by atoms with van der Waals surface area (Å²) < 4.78 is 0. The molecule has 0 spiro atoms. The molecular formula is C23H29N3O2. The van der Waals surface area contributed by atoms with E-state index >= 15 is 0 Å². The molecule has 1 aliphatic rings. The van der Waals surface area contributed by atoms with E-state index < -0.39 is 0 Å². The summed E-state index contributed by atoms with van der Waals surface area (Å²) >= 11 is 0. The maximum atomic E-state index is 12.4. The lowest BCUT2D eigenvalue weighted by molar-refractivity contribution is -0.131. The third-order valence-corrected chi connectivity index (χ3v) is 5.35. The number of piperidine rings is 1. The van der Waals surface area contributed by atoms with Crippen molar-refractivity contribution in [2.75, 3.05) is 25.0 Å². The zero-order valence-corrected chi connectivity index (χ0v) is 16.5. The molecule has 1 fully saturated rings. The largest absolute Gasteiger partial charge is 0.341 e. The average Bonchev–Trinajstić information content (AvgIpc) is 2.74. The van der Waals surface area contributed by atoms with Crippen LogP contribution in [0.15, 0.2) is 54.6 Å². The van der Waals surface area contributed by atoms with Crippen LogP contribution in [0.3, 0.4) is 0 Å². The van der Waals surface area contributed by atoms with Crippen molar-refractivity contribution in [1.82, 2.24) is 10.2 Å². The van der Waals surface area contributed by atoms with Crippen molar-refractivity contribution in [3.05, 3.63) is 65.7 Å². The quantitative estimate of drug-likeness (QED) is 0.801. The highest BCUT2D eigenvalue weighted by atomic mass is 16.2. The topological polar surface area (TPSA) is 61.4 Å². The van der Waals surface area contributed by atoms with E-state index in [1.807, 2.05) is 35.2 Å². The minimum absolute atomic E-state index is 0.0188. The Kier molecular flexibility index (Phi) is 7.06. The van der Waals surface area contributed by atoms with E-state index in [2.05, 4.69) is 41.8 Å². The molecule has 1 heterocycles. The molecule has 3 rings (SSSR count). The molecule has 0 unspecified atom stereocenters. The number of anilines is 1. The van der Waals surface area contributed by atoms with Gasteiger partial charge in [-0.2, -0.15) is 0 Å². The van der Waals surface area contributed by atoms with Crippen molar-refractivity contribution >= 4 is 17.6 Å². The van der Waals surface area contributed by atoms with Crippen molar-refractivity contribution in [2.45, 2.75) is 32.6 Å². The van der Waals surface area contributed by atoms with Gasteiger partial charge in [0.05, 0.1) is 6.54 Å². The number of amides is 3. The number of likely N-dealkylation sites (tertiary alicyclic amines) is 1. The lowest BCUT2D eigenvalue weighted by Gasteiger charge is -2.32. The van der Waals surface area contributed by atoms with Crippen LogP contribution in [-0.4, -0.2) is 36.5 Å². The lowest BCUT2D eigenvalue weighted by atomic mass is 9.90. The SMILES string of the molecule is CCc1ccc(NC(=O)NCC(=O)N2CCC(Cc3ccccc3)CC2)cc1. The molecule has 0 bridgehead atoms. The zero-order valence-electron chi connectivity index (χ0n) is 16.5. The standard InChI is InChI=1S/C23H29N3O2/c1-2-18-8-10-21(11-9-18)25-23(28)24-17-22(27)26-14-12-20(13-15-26)16-19-6-4-3-5-7-19/h3-11,20H,2,12-17H2,1H3,(H2,24,25,28). The first-order chi connectivity index (χ1) is 13.6. The highest BCUT2D eigenvalue weighted by molar-refractivity contribution is 5.92. The van der Waals surface area contributed by atoms with Crippen molar-refractivity contribution in [1.29, 1.82) is 0 Å². The van der Waals surface area contributed by atoms with Crippen molar-refractivity contribution in [2.24, 2.45) is 5.92 Å². The van der Waals surface area contributed by atoms with E-state index in [1.54, 1.807) is 0 Å². The summed E-state index contributed by atoms with van der Waals surface area (Å²) in [5, 5.41) is 5.43. The Balaban J connectivity index is 1.37. The molecule has 28 heavy (non-hydrogen) atoms. The highest BCUT2D eigenvalue weighted by Crippen LogP contribution is 2.21. The number of hydrogen-bond acceptors (Lipinski definition) is 2. The minimum atomic E-state index is -0.350. The Morgan fingerprint density at radius 3 is 2.29 bits per heavy atom.